The van der Waals surface area contributed by atoms with E-state index < -0.39 is 72.7 Å². The van der Waals surface area contributed by atoms with Crippen LogP contribution in [-0.2, 0) is 23.8 Å². The first-order chi connectivity index (χ1) is 20.4. The number of aliphatic hydroxyl groups is 2. The Morgan fingerprint density at radius 2 is 1.86 bits per heavy atom. The van der Waals surface area contributed by atoms with E-state index in [0.717, 1.165) is 18.4 Å². The number of nitrogens with zero attached hydrogens (tertiary/aromatic N) is 1. The summed E-state index contributed by atoms with van der Waals surface area (Å²) in [7, 11) is 0. The van der Waals surface area contributed by atoms with E-state index in [1.54, 1.807) is 30.3 Å². The number of nitrogens with one attached hydrogen (secondary N) is 2. The number of amides is 2. The largest absolute Gasteiger partial charge is 0.506 e. The molecule has 0 radical (unpaired) electrons. The second kappa shape index (κ2) is 14.7. The minimum atomic E-state index is -1.78. The lowest BCUT2D eigenvalue weighted by atomic mass is 9.92. The highest BCUT2D eigenvalue weighted by Gasteiger charge is 2.46. The zero-order valence-electron chi connectivity index (χ0n) is 23.0. The Hall–Kier alpha value is -5.09. The number of carboxylic acids is 1. The predicted molar refractivity (Wildman–Crippen MR) is 150 cm³/mol. The number of aliphatic carboxylic acids is 1. The minimum Gasteiger partial charge on any atom is -0.506 e. The van der Waals surface area contributed by atoms with Crippen LogP contribution in [0.15, 0.2) is 53.2 Å². The van der Waals surface area contributed by atoms with Gasteiger partial charge in [-0.1, -0.05) is 30.3 Å². The first-order valence-electron chi connectivity index (χ1n) is 13.0. The maximum atomic E-state index is 12.6. The molecule has 232 valence electrons. The first-order valence-corrected chi connectivity index (χ1v) is 13.0. The van der Waals surface area contributed by atoms with Crippen LogP contribution in [0.5, 0.6) is 5.75 Å². The van der Waals surface area contributed by atoms with Crippen LogP contribution in [0.3, 0.4) is 0 Å². The summed E-state index contributed by atoms with van der Waals surface area (Å²) in [6.07, 6.45) is -5.01. The van der Waals surface area contributed by atoms with Crippen molar-refractivity contribution >= 4 is 40.7 Å². The lowest BCUT2D eigenvalue weighted by Crippen LogP contribution is -2.61. The minimum absolute atomic E-state index is 0.0260. The number of hydrogen-bond donors (Lipinski definition) is 8. The number of aliphatic imine (C=N–C) groups is 1. The molecule has 0 aromatic heterocycles. The molecule has 1 aliphatic heterocycles. The SMILES string of the molecule is CC(=O)N[C@H]1[C@H]([C@H](OC(=O)NCCCOC(=O)c2ccc3ccccc3c2O)[C@H](O)CO)OC(C(=O)O)=C[C@@H]1N=C(N)N. The van der Waals surface area contributed by atoms with Crippen molar-refractivity contribution in [2.24, 2.45) is 16.5 Å². The molecule has 16 heteroatoms. The van der Waals surface area contributed by atoms with E-state index in [1.807, 2.05) is 0 Å². The van der Waals surface area contributed by atoms with Gasteiger partial charge in [-0.2, -0.15) is 0 Å². The number of benzene rings is 2. The molecule has 0 bridgehead atoms. The molecule has 10 N–H and O–H groups in total. The molecular weight excluding hydrogens is 570 g/mol. The van der Waals surface area contributed by atoms with Gasteiger partial charge in [-0.15, -0.1) is 0 Å². The first kappa shape index (κ1) is 32.4. The second-order valence-electron chi connectivity index (χ2n) is 9.41. The number of hydrogen-bond acceptors (Lipinski definition) is 11. The molecule has 5 atom stereocenters. The third-order valence-corrected chi connectivity index (χ3v) is 6.26. The van der Waals surface area contributed by atoms with E-state index >= 15 is 0 Å². The van der Waals surface area contributed by atoms with Crippen molar-refractivity contribution in [1.29, 1.82) is 0 Å². The molecule has 0 aliphatic carbocycles. The smallest absolute Gasteiger partial charge is 0.407 e. The lowest BCUT2D eigenvalue weighted by molar-refractivity contribution is -0.146. The van der Waals surface area contributed by atoms with Gasteiger partial charge in [-0.3, -0.25) is 4.79 Å². The fourth-order valence-electron chi connectivity index (χ4n) is 4.36. The molecule has 2 aromatic rings. The molecule has 0 fully saturated rings. The Morgan fingerprint density at radius 1 is 1.14 bits per heavy atom. The molecule has 0 saturated carbocycles. The average molecular weight is 604 g/mol. The fourth-order valence-corrected chi connectivity index (χ4v) is 4.36. The topological polar surface area (TPSA) is 265 Å². The maximum absolute atomic E-state index is 12.6. The van der Waals surface area contributed by atoms with Gasteiger partial charge >= 0.3 is 18.0 Å². The molecule has 1 aliphatic rings. The molecule has 43 heavy (non-hydrogen) atoms. The molecule has 0 saturated heterocycles. The predicted octanol–water partition coefficient (Wildman–Crippen LogP) is -0.946. The number of ether oxygens (including phenoxy) is 3. The quantitative estimate of drug-likeness (QED) is 0.0630. The average Bonchev–Trinajstić information content (AvgIpc) is 2.95. The van der Waals surface area contributed by atoms with Gasteiger partial charge in [0, 0.05) is 18.9 Å². The Balaban J connectivity index is 1.63. The zero-order chi connectivity index (χ0) is 31.7. The highest BCUT2D eigenvalue weighted by atomic mass is 16.6. The lowest BCUT2D eigenvalue weighted by Gasteiger charge is -2.39. The van der Waals surface area contributed by atoms with Crippen molar-refractivity contribution in [1.82, 2.24) is 10.6 Å². The number of nitrogens with two attached hydrogens (primary N) is 2. The van der Waals surface area contributed by atoms with Crippen molar-refractivity contribution < 1.29 is 53.8 Å². The van der Waals surface area contributed by atoms with E-state index in [-0.39, 0.29) is 30.9 Å². The van der Waals surface area contributed by atoms with Gasteiger partial charge in [0.15, 0.2) is 18.2 Å². The fraction of sp³-hybridized carbons (Fsp3) is 0.370. The molecule has 0 unspecified atom stereocenters. The number of phenols is 1. The van der Waals surface area contributed by atoms with Gasteiger partial charge in [-0.25, -0.2) is 19.4 Å². The Bertz CT molecular complexity index is 1410. The van der Waals surface area contributed by atoms with Gasteiger partial charge in [0.05, 0.1) is 25.3 Å². The standard InChI is InChI=1S/C27H33N5O11/c1-13(34)31-20-17(32-26(28)29)11-19(24(37)38)42-23(20)22(18(35)12-33)43-27(40)30-9-4-10-41-25(39)16-8-7-14-5-2-3-6-15(14)21(16)36/h2-3,5-8,11,17-18,20,22-23,33,35-36H,4,9-10,12H2,1H3,(H,30,40)(H,31,34)(H,37,38)(H4,28,29,32)/t17-,18+,20+,22+,23+/m0/s1. The summed E-state index contributed by atoms with van der Waals surface area (Å²) in [5.41, 5.74) is 10.9. The number of aliphatic hydroxyl groups excluding tert-OH is 2. The van der Waals surface area contributed by atoms with Crippen molar-refractivity contribution in [3.63, 3.8) is 0 Å². The van der Waals surface area contributed by atoms with Crippen molar-refractivity contribution in [3.05, 3.63) is 53.8 Å². The summed E-state index contributed by atoms with van der Waals surface area (Å²) in [6, 6.07) is 7.63. The van der Waals surface area contributed by atoms with E-state index in [0.29, 0.717) is 5.39 Å². The number of alkyl carbamates (subject to hydrolysis) is 1. The van der Waals surface area contributed by atoms with Crippen molar-refractivity contribution in [2.75, 3.05) is 19.8 Å². The molecule has 2 aromatic carbocycles. The molecule has 3 rings (SSSR count). The molecule has 2 amide bonds. The third kappa shape index (κ3) is 8.46. The van der Waals surface area contributed by atoms with Crippen LogP contribution < -0.4 is 22.1 Å². The van der Waals surface area contributed by atoms with E-state index in [4.69, 9.17) is 25.7 Å². The Labute approximate surface area is 244 Å². The monoisotopic (exact) mass is 603 g/mol. The summed E-state index contributed by atoms with van der Waals surface area (Å²) < 4.78 is 15.9. The summed E-state index contributed by atoms with van der Waals surface area (Å²) in [5.74, 6) is -4.22. The van der Waals surface area contributed by atoms with Gasteiger partial charge in [-0.05, 0) is 23.9 Å². The molecular formula is C27H33N5O11. The Kier molecular flexibility index (Phi) is 11.1. The Morgan fingerprint density at radius 3 is 2.51 bits per heavy atom. The van der Waals surface area contributed by atoms with Crippen LogP contribution in [0.25, 0.3) is 10.8 Å². The number of guanidine groups is 1. The number of rotatable bonds is 12. The number of esters is 1. The number of carboxylic acid groups (broad SMARTS) is 1. The van der Waals surface area contributed by atoms with Crippen molar-refractivity contribution in [2.45, 2.75) is 43.7 Å². The van der Waals surface area contributed by atoms with Crippen LogP contribution in [0.4, 0.5) is 4.79 Å². The van der Waals surface area contributed by atoms with E-state index in [2.05, 4.69) is 15.6 Å². The molecule has 1 heterocycles. The van der Waals surface area contributed by atoms with Gasteiger partial charge in [0.1, 0.15) is 17.4 Å². The van der Waals surface area contributed by atoms with Crippen LogP contribution in [0.2, 0.25) is 0 Å². The van der Waals surface area contributed by atoms with Gasteiger partial charge in [0.25, 0.3) is 0 Å². The molecule has 16 nitrogen and oxygen atoms in total. The summed E-state index contributed by atoms with van der Waals surface area (Å²) in [6.45, 7) is 0.00715. The number of carbonyl (C=O) groups is 4. The number of phenolic OH excluding ortho intramolecular Hbond substituents is 1. The maximum Gasteiger partial charge on any atom is 0.407 e. The van der Waals surface area contributed by atoms with E-state index in [1.165, 1.54) is 6.07 Å². The highest BCUT2D eigenvalue weighted by Crippen LogP contribution is 2.29. The second-order valence-corrected chi connectivity index (χ2v) is 9.41. The highest BCUT2D eigenvalue weighted by molar-refractivity contribution is 6.01. The van der Waals surface area contributed by atoms with E-state index in [9.17, 15) is 39.6 Å². The summed E-state index contributed by atoms with van der Waals surface area (Å²) in [5, 5.41) is 46.1. The van der Waals surface area contributed by atoms with Crippen LogP contribution >= 0.6 is 0 Å². The third-order valence-electron chi connectivity index (χ3n) is 6.26. The van der Waals surface area contributed by atoms with Crippen molar-refractivity contribution in [3.8, 4) is 5.75 Å². The van der Waals surface area contributed by atoms with Gasteiger partial charge < -0.3 is 56.7 Å². The number of aromatic hydroxyl groups is 1. The zero-order valence-corrected chi connectivity index (χ0v) is 23.0. The molecule has 0 spiro atoms. The normalized spacial score (nSPS) is 19.1. The van der Waals surface area contributed by atoms with Crippen LogP contribution in [0, 0.1) is 0 Å². The van der Waals surface area contributed by atoms with Crippen LogP contribution in [0.1, 0.15) is 23.7 Å². The summed E-state index contributed by atoms with van der Waals surface area (Å²) in [4.78, 5) is 52.6. The number of carbonyl (C=O) groups excluding carboxylic acids is 3. The number of fused-ring (bicyclic) bond motifs is 1. The van der Waals surface area contributed by atoms with Gasteiger partial charge in [0.2, 0.25) is 11.7 Å². The van der Waals surface area contributed by atoms with Crippen LogP contribution in [-0.4, -0.2) is 100 Å². The summed E-state index contributed by atoms with van der Waals surface area (Å²) >= 11 is 0.